The van der Waals surface area contributed by atoms with Crippen LogP contribution in [0.2, 0.25) is 0 Å². The molecule has 0 radical (unpaired) electrons. The Morgan fingerprint density at radius 3 is 2.31 bits per heavy atom. The summed E-state index contributed by atoms with van der Waals surface area (Å²) in [5, 5.41) is 3.27. The molecular weight excluding hydrogens is 504 g/mol. The number of hydrogen-bond donors (Lipinski definition) is 1. The van der Waals surface area contributed by atoms with Crippen molar-refractivity contribution in [3.63, 3.8) is 0 Å². The third-order valence-electron chi connectivity index (χ3n) is 7.24. The van der Waals surface area contributed by atoms with E-state index in [0.717, 1.165) is 48.3 Å². The number of carbonyl (C=O) groups is 2. The maximum Gasteiger partial charge on any atom is 0.243 e. The molecule has 1 aliphatic carbocycles. The molecule has 1 N–H and O–H groups in total. The van der Waals surface area contributed by atoms with E-state index in [-0.39, 0.29) is 17.9 Å². The molecule has 1 atom stereocenters. The van der Waals surface area contributed by atoms with Crippen LogP contribution in [0.1, 0.15) is 53.5 Å². The van der Waals surface area contributed by atoms with E-state index < -0.39 is 6.04 Å². The third kappa shape index (κ3) is 8.62. The van der Waals surface area contributed by atoms with E-state index >= 15 is 0 Å². The highest BCUT2D eigenvalue weighted by Crippen LogP contribution is 2.23. The minimum Gasteiger partial charge on any atom is -0.497 e. The summed E-state index contributed by atoms with van der Waals surface area (Å²) >= 11 is 1.60. The molecule has 2 amide bonds. The van der Waals surface area contributed by atoms with Gasteiger partial charge in [-0.2, -0.15) is 0 Å². The van der Waals surface area contributed by atoms with Crippen LogP contribution in [0.3, 0.4) is 0 Å². The molecule has 0 saturated heterocycles. The van der Waals surface area contributed by atoms with E-state index in [1.165, 1.54) is 16.7 Å². The molecule has 0 heterocycles. The lowest BCUT2D eigenvalue weighted by atomic mass is 10.0. The van der Waals surface area contributed by atoms with E-state index in [1.54, 1.807) is 23.8 Å². The molecule has 1 saturated carbocycles. The van der Waals surface area contributed by atoms with Gasteiger partial charge in [0.15, 0.2) is 0 Å². The summed E-state index contributed by atoms with van der Waals surface area (Å²) in [6, 6.07) is 23.8. The van der Waals surface area contributed by atoms with Crippen LogP contribution >= 0.6 is 11.8 Å². The lowest BCUT2D eigenvalue weighted by Crippen LogP contribution is -2.52. The standard InChI is InChI=1S/C33H40N2O3S/c1-24-16-25(2)18-28(17-24)22-39-23-32(36)35(21-27-12-9-15-30(19-27)38-3)31(20-26-10-5-4-6-11-26)33(37)34-29-13-7-8-14-29/h4-6,9-12,15-19,29,31H,7-8,13-14,20-23H2,1-3H3,(H,34,37). The second-order valence-corrected chi connectivity index (χ2v) is 11.5. The number of nitrogens with zero attached hydrogens (tertiary/aromatic N) is 1. The maximum absolute atomic E-state index is 13.9. The second-order valence-electron chi connectivity index (χ2n) is 10.6. The molecule has 0 bridgehead atoms. The zero-order chi connectivity index (χ0) is 27.6. The van der Waals surface area contributed by atoms with Gasteiger partial charge in [0.1, 0.15) is 11.8 Å². The van der Waals surface area contributed by atoms with E-state index in [9.17, 15) is 9.59 Å². The first-order chi connectivity index (χ1) is 18.9. The van der Waals surface area contributed by atoms with Gasteiger partial charge >= 0.3 is 0 Å². The molecule has 1 fully saturated rings. The quantitative estimate of drug-likeness (QED) is 0.293. The van der Waals surface area contributed by atoms with Crippen molar-refractivity contribution < 1.29 is 14.3 Å². The molecule has 39 heavy (non-hydrogen) atoms. The number of hydrogen-bond acceptors (Lipinski definition) is 4. The molecule has 0 aromatic heterocycles. The van der Waals surface area contributed by atoms with Crippen LogP contribution in [-0.2, 0) is 28.3 Å². The Bertz CT molecular complexity index is 1220. The highest BCUT2D eigenvalue weighted by Gasteiger charge is 2.32. The van der Waals surface area contributed by atoms with Gasteiger partial charge in [-0.15, -0.1) is 11.8 Å². The lowest BCUT2D eigenvalue weighted by Gasteiger charge is -2.32. The zero-order valence-corrected chi connectivity index (χ0v) is 24.1. The summed E-state index contributed by atoms with van der Waals surface area (Å²) < 4.78 is 5.44. The second kappa shape index (κ2) is 14.2. The number of nitrogens with one attached hydrogen (secondary N) is 1. The fourth-order valence-electron chi connectivity index (χ4n) is 5.38. The summed E-state index contributed by atoms with van der Waals surface area (Å²) in [5.41, 5.74) is 5.64. The van der Waals surface area contributed by atoms with Gasteiger partial charge in [0.25, 0.3) is 0 Å². The van der Waals surface area contributed by atoms with Crippen LogP contribution in [0, 0.1) is 13.8 Å². The summed E-state index contributed by atoms with van der Waals surface area (Å²) in [5.74, 6) is 1.69. The molecule has 1 aliphatic rings. The highest BCUT2D eigenvalue weighted by atomic mass is 32.2. The van der Waals surface area contributed by atoms with E-state index in [4.69, 9.17) is 4.74 Å². The Labute approximate surface area is 237 Å². The van der Waals surface area contributed by atoms with Gasteiger partial charge in [-0.3, -0.25) is 9.59 Å². The third-order valence-corrected chi connectivity index (χ3v) is 8.22. The lowest BCUT2D eigenvalue weighted by molar-refractivity contribution is -0.139. The molecule has 4 rings (SSSR count). The smallest absolute Gasteiger partial charge is 0.243 e. The Morgan fingerprint density at radius 1 is 0.923 bits per heavy atom. The van der Waals surface area contributed by atoms with E-state index in [1.807, 2.05) is 54.6 Å². The minimum absolute atomic E-state index is 0.0327. The Kier molecular flexibility index (Phi) is 10.5. The van der Waals surface area contributed by atoms with Crippen molar-refractivity contribution in [2.24, 2.45) is 0 Å². The number of ether oxygens (including phenoxy) is 1. The van der Waals surface area contributed by atoms with Crippen molar-refractivity contribution >= 4 is 23.6 Å². The first-order valence-electron chi connectivity index (χ1n) is 13.8. The molecular formula is C33H40N2O3S. The first-order valence-corrected chi connectivity index (χ1v) is 15.0. The van der Waals surface area contributed by atoms with Crippen LogP contribution in [0.25, 0.3) is 0 Å². The van der Waals surface area contributed by atoms with Crippen LogP contribution in [0.4, 0.5) is 0 Å². The van der Waals surface area contributed by atoms with Crippen molar-refractivity contribution in [1.82, 2.24) is 10.2 Å². The average molecular weight is 545 g/mol. The number of thioether (sulfide) groups is 1. The van der Waals surface area contributed by atoms with Gasteiger partial charge in [0.05, 0.1) is 12.9 Å². The van der Waals surface area contributed by atoms with Gasteiger partial charge in [-0.05, 0) is 55.5 Å². The van der Waals surface area contributed by atoms with Gasteiger partial charge in [-0.1, -0.05) is 84.6 Å². The summed E-state index contributed by atoms with van der Waals surface area (Å²) in [6.07, 6.45) is 4.74. The molecule has 1 unspecified atom stereocenters. The first kappa shape index (κ1) is 28.8. The fourth-order valence-corrected chi connectivity index (χ4v) is 6.23. The zero-order valence-electron chi connectivity index (χ0n) is 23.3. The maximum atomic E-state index is 13.9. The fraction of sp³-hybridized carbons (Fsp3) is 0.394. The molecule has 0 aliphatic heterocycles. The monoisotopic (exact) mass is 544 g/mol. The largest absolute Gasteiger partial charge is 0.497 e. The van der Waals surface area contributed by atoms with Gasteiger partial charge in [0.2, 0.25) is 11.8 Å². The van der Waals surface area contributed by atoms with Gasteiger partial charge < -0.3 is 15.0 Å². The SMILES string of the molecule is COc1cccc(CN(C(=O)CSCc2cc(C)cc(C)c2)C(Cc2ccccc2)C(=O)NC2CCCC2)c1. The molecule has 5 nitrogen and oxygen atoms in total. The number of carbonyl (C=O) groups excluding carboxylic acids is 2. The van der Waals surface area contributed by atoms with Crippen molar-refractivity contribution in [2.45, 2.75) is 70.3 Å². The molecule has 206 valence electrons. The topological polar surface area (TPSA) is 58.6 Å². The molecule has 0 spiro atoms. The summed E-state index contributed by atoms with van der Waals surface area (Å²) in [6.45, 7) is 4.54. The van der Waals surface area contributed by atoms with Gasteiger partial charge in [-0.25, -0.2) is 0 Å². The van der Waals surface area contributed by atoms with Crippen molar-refractivity contribution in [2.75, 3.05) is 12.9 Å². The number of amides is 2. The van der Waals surface area contributed by atoms with E-state index in [2.05, 4.69) is 37.4 Å². The van der Waals surface area contributed by atoms with Gasteiger partial charge in [0, 0.05) is 24.8 Å². The summed E-state index contributed by atoms with van der Waals surface area (Å²) in [7, 11) is 1.64. The predicted molar refractivity (Wildman–Crippen MR) is 160 cm³/mol. The van der Waals surface area contributed by atoms with Crippen molar-refractivity contribution in [3.05, 3.63) is 101 Å². The van der Waals surface area contributed by atoms with Crippen LogP contribution in [0.5, 0.6) is 5.75 Å². The normalized spacial score (nSPS) is 14.1. The average Bonchev–Trinajstić information content (AvgIpc) is 3.43. The molecule has 6 heteroatoms. The highest BCUT2D eigenvalue weighted by molar-refractivity contribution is 7.99. The predicted octanol–water partition coefficient (Wildman–Crippen LogP) is 6.24. The Morgan fingerprint density at radius 2 is 1.62 bits per heavy atom. The van der Waals surface area contributed by atoms with Crippen molar-refractivity contribution in [1.29, 1.82) is 0 Å². The van der Waals surface area contributed by atoms with Crippen LogP contribution in [-0.4, -0.2) is 41.7 Å². The summed E-state index contributed by atoms with van der Waals surface area (Å²) in [4.78, 5) is 29.5. The van der Waals surface area contributed by atoms with Crippen LogP contribution in [0.15, 0.2) is 72.8 Å². The molecule has 3 aromatic carbocycles. The van der Waals surface area contributed by atoms with E-state index in [0.29, 0.717) is 18.7 Å². The Balaban J connectivity index is 1.58. The van der Waals surface area contributed by atoms with Crippen LogP contribution < -0.4 is 10.1 Å². The number of methoxy groups -OCH3 is 1. The Hall–Kier alpha value is -3.25. The minimum atomic E-state index is -0.603. The number of aryl methyl sites for hydroxylation is 2. The number of rotatable bonds is 12. The number of benzene rings is 3. The molecule has 3 aromatic rings. The van der Waals surface area contributed by atoms with Crippen molar-refractivity contribution in [3.8, 4) is 5.75 Å².